The largest absolute Gasteiger partial charge is 0.507 e. The number of phenolic OH excluding ortho intramolecular Hbond substituents is 1. The summed E-state index contributed by atoms with van der Waals surface area (Å²) in [5.74, 6) is -0.418. The average molecular weight is 312 g/mol. The number of hydrogen-bond donors (Lipinski definition) is 2. The summed E-state index contributed by atoms with van der Waals surface area (Å²) in [6.45, 7) is 4.09. The zero-order chi connectivity index (χ0) is 16.7. The van der Waals surface area contributed by atoms with Gasteiger partial charge in [-0.05, 0) is 42.7 Å². The first-order valence-corrected chi connectivity index (χ1v) is 8.17. The Balaban J connectivity index is 2.01. The molecule has 0 heterocycles. The molecule has 0 aromatic heterocycles. The van der Waals surface area contributed by atoms with E-state index in [0.717, 1.165) is 29.3 Å². The number of rotatable bonds is 7. The Bertz CT molecular complexity index is 708. The van der Waals surface area contributed by atoms with Crippen LogP contribution in [0, 0.1) is 0 Å². The molecule has 0 radical (unpaired) electrons. The van der Waals surface area contributed by atoms with Crippen molar-refractivity contribution in [2.45, 2.75) is 46.0 Å². The van der Waals surface area contributed by atoms with E-state index in [4.69, 9.17) is 0 Å². The minimum absolute atomic E-state index is 0.0306. The summed E-state index contributed by atoms with van der Waals surface area (Å²) in [5, 5.41) is 16.0. The number of nitrogens with one attached hydrogen (secondary N) is 1. The standard InChI is InChI=1S/C19H24N2O2/c1-3-4-5-6-9-14(2)20-21-19(23)17-12-15-10-7-8-11-16(15)13-18(17)22/h7-8,10-13,22H,3-6,9H2,1-2H3,(H,21,23)/b20-14+. The number of aromatic hydroxyl groups is 1. The minimum Gasteiger partial charge on any atom is -0.507 e. The number of unbranched alkanes of at least 4 members (excludes halogenated alkanes) is 3. The molecule has 0 saturated carbocycles. The van der Waals surface area contributed by atoms with Gasteiger partial charge < -0.3 is 5.11 Å². The van der Waals surface area contributed by atoms with Crippen LogP contribution in [0.15, 0.2) is 41.5 Å². The molecule has 0 atom stereocenters. The maximum Gasteiger partial charge on any atom is 0.275 e. The number of nitrogens with zero attached hydrogens (tertiary/aromatic N) is 1. The Labute approximate surface area is 137 Å². The third-order valence-electron chi connectivity index (χ3n) is 3.85. The van der Waals surface area contributed by atoms with Crippen molar-refractivity contribution in [3.8, 4) is 5.75 Å². The lowest BCUT2D eigenvalue weighted by molar-refractivity contribution is 0.0952. The molecule has 0 bridgehead atoms. The molecule has 0 aliphatic carbocycles. The van der Waals surface area contributed by atoms with Crippen LogP contribution in [0.4, 0.5) is 0 Å². The van der Waals surface area contributed by atoms with Gasteiger partial charge >= 0.3 is 0 Å². The van der Waals surface area contributed by atoms with Gasteiger partial charge in [0.25, 0.3) is 5.91 Å². The summed E-state index contributed by atoms with van der Waals surface area (Å²) in [6.07, 6.45) is 5.58. The number of fused-ring (bicyclic) bond motifs is 1. The van der Waals surface area contributed by atoms with Gasteiger partial charge in [-0.1, -0.05) is 50.5 Å². The second kappa shape index (κ2) is 8.32. The van der Waals surface area contributed by atoms with Crippen LogP contribution in [0.5, 0.6) is 5.75 Å². The molecular formula is C19H24N2O2. The molecule has 0 spiro atoms. The van der Waals surface area contributed by atoms with E-state index in [9.17, 15) is 9.90 Å². The molecule has 2 N–H and O–H groups in total. The van der Waals surface area contributed by atoms with Crippen molar-refractivity contribution in [2.75, 3.05) is 0 Å². The van der Waals surface area contributed by atoms with E-state index in [2.05, 4.69) is 17.5 Å². The van der Waals surface area contributed by atoms with Crippen molar-refractivity contribution >= 4 is 22.4 Å². The topological polar surface area (TPSA) is 61.7 Å². The summed E-state index contributed by atoms with van der Waals surface area (Å²) in [7, 11) is 0. The number of hydrogen-bond acceptors (Lipinski definition) is 3. The monoisotopic (exact) mass is 312 g/mol. The van der Waals surface area contributed by atoms with Crippen molar-refractivity contribution < 1.29 is 9.90 Å². The Kier molecular flexibility index (Phi) is 6.15. The lowest BCUT2D eigenvalue weighted by Gasteiger charge is -2.07. The van der Waals surface area contributed by atoms with Crippen LogP contribution in [0.2, 0.25) is 0 Å². The SMILES string of the molecule is CCCCCC/C(C)=N/NC(=O)c1cc2ccccc2cc1O. The fraction of sp³-hybridized carbons (Fsp3) is 0.368. The van der Waals surface area contributed by atoms with E-state index in [1.165, 1.54) is 19.3 Å². The average Bonchev–Trinajstić information content (AvgIpc) is 2.56. The van der Waals surface area contributed by atoms with Gasteiger partial charge in [-0.25, -0.2) is 5.43 Å². The van der Waals surface area contributed by atoms with Gasteiger partial charge in [0.2, 0.25) is 0 Å². The van der Waals surface area contributed by atoms with Crippen LogP contribution in [0.1, 0.15) is 56.3 Å². The Morgan fingerprint density at radius 1 is 1.13 bits per heavy atom. The first kappa shape index (κ1) is 17.0. The van der Waals surface area contributed by atoms with Gasteiger partial charge in [0, 0.05) is 5.71 Å². The van der Waals surface area contributed by atoms with Crippen LogP contribution in [-0.2, 0) is 0 Å². The normalized spacial score (nSPS) is 11.7. The molecule has 2 aromatic carbocycles. The molecule has 23 heavy (non-hydrogen) atoms. The number of benzene rings is 2. The molecule has 1 amide bonds. The van der Waals surface area contributed by atoms with Crippen molar-refractivity contribution in [1.82, 2.24) is 5.43 Å². The summed E-state index contributed by atoms with van der Waals surface area (Å²) >= 11 is 0. The number of phenols is 1. The highest BCUT2D eigenvalue weighted by Crippen LogP contribution is 2.24. The maximum absolute atomic E-state index is 12.2. The summed E-state index contributed by atoms with van der Waals surface area (Å²) in [6, 6.07) is 10.9. The number of amides is 1. The van der Waals surface area contributed by atoms with E-state index in [-0.39, 0.29) is 17.2 Å². The fourth-order valence-electron chi connectivity index (χ4n) is 2.48. The third-order valence-corrected chi connectivity index (χ3v) is 3.85. The van der Waals surface area contributed by atoms with Crippen molar-refractivity contribution in [1.29, 1.82) is 0 Å². The predicted octanol–water partition coefficient (Wildman–Crippen LogP) is 4.62. The van der Waals surface area contributed by atoms with E-state index in [0.29, 0.717) is 0 Å². The second-order valence-corrected chi connectivity index (χ2v) is 5.82. The molecular weight excluding hydrogens is 288 g/mol. The lowest BCUT2D eigenvalue weighted by Crippen LogP contribution is -2.19. The van der Waals surface area contributed by atoms with E-state index >= 15 is 0 Å². The number of carbonyl (C=O) groups is 1. The predicted molar refractivity (Wildman–Crippen MR) is 94.9 cm³/mol. The van der Waals surface area contributed by atoms with Gasteiger partial charge in [0.05, 0.1) is 5.56 Å². The molecule has 0 aliphatic rings. The minimum atomic E-state index is -0.388. The van der Waals surface area contributed by atoms with Gasteiger partial charge in [-0.2, -0.15) is 5.10 Å². The summed E-state index contributed by atoms with van der Waals surface area (Å²) < 4.78 is 0. The van der Waals surface area contributed by atoms with Crippen molar-refractivity contribution in [3.63, 3.8) is 0 Å². The molecule has 4 heteroatoms. The van der Waals surface area contributed by atoms with Crippen LogP contribution in [-0.4, -0.2) is 16.7 Å². The van der Waals surface area contributed by atoms with Gasteiger partial charge in [-0.3, -0.25) is 4.79 Å². The highest BCUT2D eigenvalue weighted by molar-refractivity contribution is 6.01. The summed E-state index contributed by atoms with van der Waals surface area (Å²) in [5.41, 5.74) is 3.67. The van der Waals surface area contributed by atoms with Gasteiger partial charge in [-0.15, -0.1) is 0 Å². The molecule has 0 aliphatic heterocycles. The van der Waals surface area contributed by atoms with Gasteiger partial charge in [0.15, 0.2) is 0 Å². The van der Waals surface area contributed by atoms with Crippen LogP contribution in [0.25, 0.3) is 10.8 Å². The highest BCUT2D eigenvalue weighted by Gasteiger charge is 2.11. The smallest absolute Gasteiger partial charge is 0.275 e. The molecule has 0 saturated heterocycles. The molecule has 2 rings (SSSR count). The Morgan fingerprint density at radius 3 is 2.52 bits per heavy atom. The van der Waals surface area contributed by atoms with Crippen LogP contribution in [0.3, 0.4) is 0 Å². The third kappa shape index (κ3) is 4.81. The Hall–Kier alpha value is -2.36. The van der Waals surface area contributed by atoms with Crippen LogP contribution < -0.4 is 5.43 Å². The first-order valence-electron chi connectivity index (χ1n) is 8.17. The van der Waals surface area contributed by atoms with Gasteiger partial charge in [0.1, 0.15) is 5.75 Å². The summed E-state index contributed by atoms with van der Waals surface area (Å²) in [4.78, 5) is 12.2. The van der Waals surface area contributed by atoms with Crippen molar-refractivity contribution in [2.24, 2.45) is 5.10 Å². The lowest BCUT2D eigenvalue weighted by atomic mass is 10.1. The molecule has 2 aromatic rings. The van der Waals surface area contributed by atoms with Crippen molar-refractivity contribution in [3.05, 3.63) is 42.0 Å². The van der Waals surface area contributed by atoms with E-state index in [1.807, 2.05) is 31.2 Å². The zero-order valence-corrected chi connectivity index (χ0v) is 13.8. The molecule has 0 fully saturated rings. The number of carbonyl (C=O) groups excluding carboxylic acids is 1. The maximum atomic E-state index is 12.2. The number of hydrazone groups is 1. The zero-order valence-electron chi connectivity index (χ0n) is 13.8. The second-order valence-electron chi connectivity index (χ2n) is 5.82. The van der Waals surface area contributed by atoms with E-state index in [1.54, 1.807) is 12.1 Å². The fourth-order valence-corrected chi connectivity index (χ4v) is 2.48. The van der Waals surface area contributed by atoms with E-state index < -0.39 is 0 Å². The molecule has 0 unspecified atom stereocenters. The molecule has 122 valence electrons. The quantitative estimate of drug-likeness (QED) is 0.445. The first-order chi connectivity index (χ1) is 11.1. The highest BCUT2D eigenvalue weighted by atomic mass is 16.3. The van der Waals surface area contributed by atoms with Crippen LogP contribution >= 0.6 is 0 Å². The Morgan fingerprint density at radius 2 is 1.83 bits per heavy atom. The molecule has 4 nitrogen and oxygen atoms in total.